The Labute approximate surface area is 94.0 Å². The summed E-state index contributed by atoms with van der Waals surface area (Å²) in [4.78, 5) is 0. The molecule has 0 aliphatic heterocycles. The van der Waals surface area contributed by atoms with Gasteiger partial charge >= 0.3 is 0 Å². The predicted molar refractivity (Wildman–Crippen MR) is 61.8 cm³/mol. The fraction of sp³-hybridized carbons (Fsp3) is 0.417. The van der Waals surface area contributed by atoms with Crippen molar-refractivity contribution in [3.63, 3.8) is 0 Å². The summed E-state index contributed by atoms with van der Waals surface area (Å²) in [7, 11) is 0. The third-order valence-corrected chi connectivity index (χ3v) is 3.21. The highest BCUT2D eigenvalue weighted by Crippen LogP contribution is 2.32. The standard InChI is InChI=1S/C12H15N3O/c13-12-8-10(11-6-3-7-16-11)14-15(12)9-4-1-2-5-9/h3,6-9H,1-2,4-5,13H2. The highest BCUT2D eigenvalue weighted by Gasteiger charge is 2.20. The average Bonchev–Trinajstić information content (AvgIpc) is 2.97. The molecule has 2 aromatic heterocycles. The molecule has 16 heavy (non-hydrogen) atoms. The Morgan fingerprint density at radius 2 is 2.19 bits per heavy atom. The average molecular weight is 217 g/mol. The molecule has 2 N–H and O–H groups in total. The molecule has 4 nitrogen and oxygen atoms in total. The van der Waals surface area contributed by atoms with Crippen LogP contribution in [0.3, 0.4) is 0 Å². The van der Waals surface area contributed by atoms with Gasteiger partial charge in [0.25, 0.3) is 0 Å². The summed E-state index contributed by atoms with van der Waals surface area (Å²) in [6.45, 7) is 0. The van der Waals surface area contributed by atoms with Crippen LogP contribution in [-0.4, -0.2) is 9.78 Å². The second kappa shape index (κ2) is 3.70. The molecule has 0 aromatic carbocycles. The maximum Gasteiger partial charge on any atom is 0.154 e. The van der Waals surface area contributed by atoms with E-state index in [1.807, 2.05) is 22.9 Å². The lowest BCUT2D eigenvalue weighted by atomic mass is 10.2. The van der Waals surface area contributed by atoms with Crippen LogP contribution in [0.25, 0.3) is 11.5 Å². The van der Waals surface area contributed by atoms with Crippen LogP contribution < -0.4 is 5.73 Å². The van der Waals surface area contributed by atoms with Crippen molar-refractivity contribution >= 4 is 5.82 Å². The normalized spacial score (nSPS) is 17.0. The molecule has 2 heterocycles. The van der Waals surface area contributed by atoms with E-state index in [4.69, 9.17) is 10.2 Å². The van der Waals surface area contributed by atoms with Crippen LogP contribution in [0.1, 0.15) is 31.7 Å². The molecule has 1 aliphatic rings. The smallest absolute Gasteiger partial charge is 0.154 e. The molecule has 3 rings (SSSR count). The van der Waals surface area contributed by atoms with Crippen LogP contribution in [0, 0.1) is 0 Å². The molecular weight excluding hydrogens is 202 g/mol. The minimum atomic E-state index is 0.476. The first-order valence-corrected chi connectivity index (χ1v) is 5.73. The minimum Gasteiger partial charge on any atom is -0.463 e. The van der Waals surface area contributed by atoms with Crippen LogP contribution in [0.2, 0.25) is 0 Å². The highest BCUT2D eigenvalue weighted by atomic mass is 16.3. The monoisotopic (exact) mass is 217 g/mol. The van der Waals surface area contributed by atoms with E-state index in [0.29, 0.717) is 6.04 Å². The first-order valence-electron chi connectivity index (χ1n) is 5.73. The molecule has 0 bridgehead atoms. The lowest BCUT2D eigenvalue weighted by Gasteiger charge is -2.10. The molecule has 0 saturated heterocycles. The molecule has 0 atom stereocenters. The SMILES string of the molecule is Nc1cc(-c2ccco2)nn1C1CCCC1. The van der Waals surface area contributed by atoms with Crippen LogP contribution in [-0.2, 0) is 0 Å². The van der Waals surface area contributed by atoms with Gasteiger partial charge in [-0.3, -0.25) is 0 Å². The van der Waals surface area contributed by atoms with Crippen LogP contribution in [0.5, 0.6) is 0 Å². The number of nitrogens with zero attached hydrogens (tertiary/aromatic N) is 2. The van der Waals surface area contributed by atoms with Gasteiger partial charge in [0.2, 0.25) is 0 Å². The molecule has 0 radical (unpaired) electrons. The summed E-state index contributed by atoms with van der Waals surface area (Å²) in [5.41, 5.74) is 6.81. The van der Waals surface area contributed by atoms with Crippen molar-refractivity contribution in [1.29, 1.82) is 0 Å². The van der Waals surface area contributed by atoms with E-state index in [1.165, 1.54) is 25.7 Å². The highest BCUT2D eigenvalue weighted by molar-refractivity contribution is 5.56. The Balaban J connectivity index is 1.95. The summed E-state index contributed by atoms with van der Waals surface area (Å²) in [6.07, 6.45) is 6.58. The second-order valence-electron chi connectivity index (χ2n) is 4.31. The number of rotatable bonds is 2. The molecule has 0 spiro atoms. The molecule has 0 unspecified atom stereocenters. The summed E-state index contributed by atoms with van der Waals surface area (Å²) in [6, 6.07) is 6.13. The Bertz CT molecular complexity index is 466. The zero-order valence-electron chi connectivity index (χ0n) is 9.10. The molecule has 84 valence electrons. The first kappa shape index (κ1) is 9.51. The van der Waals surface area contributed by atoms with Crippen molar-refractivity contribution in [2.24, 2.45) is 0 Å². The summed E-state index contributed by atoms with van der Waals surface area (Å²) in [5.74, 6) is 1.52. The maximum absolute atomic E-state index is 5.99. The van der Waals surface area contributed by atoms with Gasteiger partial charge < -0.3 is 10.2 Å². The summed E-state index contributed by atoms with van der Waals surface area (Å²) >= 11 is 0. The molecule has 1 aliphatic carbocycles. The number of furan rings is 1. The van der Waals surface area contributed by atoms with Crippen molar-refractivity contribution < 1.29 is 4.42 Å². The van der Waals surface area contributed by atoms with Gasteiger partial charge in [0.05, 0.1) is 12.3 Å². The van der Waals surface area contributed by atoms with Gasteiger partial charge in [-0.1, -0.05) is 12.8 Å². The lowest BCUT2D eigenvalue weighted by Crippen LogP contribution is -2.09. The minimum absolute atomic E-state index is 0.476. The predicted octanol–water partition coefficient (Wildman–Crippen LogP) is 2.84. The van der Waals surface area contributed by atoms with E-state index in [0.717, 1.165) is 17.3 Å². The van der Waals surface area contributed by atoms with Gasteiger partial charge in [-0.15, -0.1) is 0 Å². The Morgan fingerprint density at radius 1 is 1.38 bits per heavy atom. The van der Waals surface area contributed by atoms with Crippen molar-refractivity contribution in [3.8, 4) is 11.5 Å². The summed E-state index contributed by atoms with van der Waals surface area (Å²) < 4.78 is 7.27. The summed E-state index contributed by atoms with van der Waals surface area (Å²) in [5, 5.41) is 4.53. The molecule has 2 aromatic rings. The third-order valence-electron chi connectivity index (χ3n) is 3.21. The number of nitrogens with two attached hydrogens (primary N) is 1. The van der Waals surface area contributed by atoms with Crippen molar-refractivity contribution in [2.75, 3.05) is 5.73 Å². The molecule has 4 heteroatoms. The van der Waals surface area contributed by atoms with E-state index in [2.05, 4.69) is 5.10 Å². The number of hydrogen-bond donors (Lipinski definition) is 1. The number of aromatic nitrogens is 2. The Hall–Kier alpha value is -1.71. The maximum atomic E-state index is 5.99. The number of nitrogen functional groups attached to an aromatic ring is 1. The Kier molecular flexibility index (Phi) is 2.20. The van der Waals surface area contributed by atoms with Crippen molar-refractivity contribution in [1.82, 2.24) is 9.78 Å². The van der Waals surface area contributed by atoms with Crippen molar-refractivity contribution in [2.45, 2.75) is 31.7 Å². The first-order chi connectivity index (χ1) is 7.84. The van der Waals surface area contributed by atoms with E-state index < -0.39 is 0 Å². The van der Waals surface area contributed by atoms with Gasteiger partial charge in [0, 0.05) is 6.07 Å². The van der Waals surface area contributed by atoms with Crippen LogP contribution >= 0.6 is 0 Å². The van der Waals surface area contributed by atoms with Crippen LogP contribution in [0.15, 0.2) is 28.9 Å². The molecule has 1 fully saturated rings. The van der Waals surface area contributed by atoms with Gasteiger partial charge in [0.1, 0.15) is 11.5 Å². The van der Waals surface area contributed by atoms with Gasteiger partial charge in [-0.25, -0.2) is 4.68 Å². The van der Waals surface area contributed by atoms with E-state index in [1.54, 1.807) is 6.26 Å². The van der Waals surface area contributed by atoms with Gasteiger partial charge in [0.15, 0.2) is 5.76 Å². The van der Waals surface area contributed by atoms with E-state index in [-0.39, 0.29) is 0 Å². The van der Waals surface area contributed by atoms with Gasteiger partial charge in [-0.05, 0) is 25.0 Å². The molecular formula is C12H15N3O. The Morgan fingerprint density at radius 3 is 2.88 bits per heavy atom. The quantitative estimate of drug-likeness (QED) is 0.841. The van der Waals surface area contributed by atoms with Crippen molar-refractivity contribution in [3.05, 3.63) is 24.5 Å². The second-order valence-corrected chi connectivity index (χ2v) is 4.31. The number of anilines is 1. The zero-order chi connectivity index (χ0) is 11.0. The lowest BCUT2D eigenvalue weighted by molar-refractivity contribution is 0.473. The fourth-order valence-corrected chi connectivity index (χ4v) is 2.39. The zero-order valence-corrected chi connectivity index (χ0v) is 9.10. The number of hydrogen-bond acceptors (Lipinski definition) is 3. The topological polar surface area (TPSA) is 57.0 Å². The van der Waals surface area contributed by atoms with E-state index >= 15 is 0 Å². The largest absolute Gasteiger partial charge is 0.463 e. The fourth-order valence-electron chi connectivity index (χ4n) is 2.39. The van der Waals surface area contributed by atoms with Crippen LogP contribution in [0.4, 0.5) is 5.82 Å². The van der Waals surface area contributed by atoms with Gasteiger partial charge in [-0.2, -0.15) is 5.10 Å². The van der Waals surface area contributed by atoms with E-state index in [9.17, 15) is 0 Å². The molecule has 1 saturated carbocycles. The third kappa shape index (κ3) is 1.50. The molecule has 0 amide bonds.